The van der Waals surface area contributed by atoms with E-state index < -0.39 is 5.92 Å². The minimum atomic E-state index is -2.55. The third kappa shape index (κ3) is 1.75. The van der Waals surface area contributed by atoms with Crippen molar-refractivity contribution in [3.8, 4) is 0 Å². The molecule has 1 aliphatic heterocycles. The van der Waals surface area contributed by atoms with E-state index in [2.05, 4.69) is 5.10 Å². The second-order valence-corrected chi connectivity index (χ2v) is 4.57. The van der Waals surface area contributed by atoms with Crippen LogP contribution in [0.15, 0.2) is 24.5 Å². The van der Waals surface area contributed by atoms with Crippen molar-refractivity contribution in [1.29, 1.82) is 0 Å². The first kappa shape index (κ1) is 10.5. The fourth-order valence-corrected chi connectivity index (χ4v) is 2.24. The van der Waals surface area contributed by atoms with Crippen molar-refractivity contribution in [2.75, 3.05) is 18.0 Å². The molecule has 0 atom stereocenters. The summed E-state index contributed by atoms with van der Waals surface area (Å²) in [7, 11) is 0. The molecule has 90 valence electrons. The summed E-state index contributed by atoms with van der Waals surface area (Å²) in [6.07, 6.45) is 3.53. The van der Waals surface area contributed by atoms with Crippen LogP contribution in [0.2, 0.25) is 0 Å². The van der Waals surface area contributed by atoms with Gasteiger partial charge in [-0.3, -0.25) is 0 Å². The van der Waals surface area contributed by atoms with Gasteiger partial charge in [-0.1, -0.05) is 0 Å². The van der Waals surface area contributed by atoms with Gasteiger partial charge < -0.3 is 4.90 Å². The summed E-state index contributed by atoms with van der Waals surface area (Å²) < 4.78 is 28.1. The van der Waals surface area contributed by atoms with Gasteiger partial charge in [-0.15, -0.1) is 0 Å². The van der Waals surface area contributed by atoms with E-state index in [1.165, 1.54) is 0 Å². The third-order valence-corrected chi connectivity index (χ3v) is 3.23. The Kier molecular flexibility index (Phi) is 2.11. The minimum Gasteiger partial charge on any atom is -0.365 e. The smallest absolute Gasteiger partial charge is 0.266 e. The van der Waals surface area contributed by atoms with Crippen LogP contribution in [0.1, 0.15) is 12.0 Å². The molecule has 2 aromatic heterocycles. The summed E-state index contributed by atoms with van der Waals surface area (Å²) in [5.41, 5.74) is 2.87. The van der Waals surface area contributed by atoms with E-state index in [4.69, 9.17) is 0 Å². The molecule has 1 saturated heterocycles. The molecule has 17 heavy (non-hydrogen) atoms. The SMILES string of the molecule is Cc1cnn2ccc(N3CCC(F)(F)C3)cc12. The maximum absolute atomic E-state index is 13.2. The number of hydrogen-bond acceptors (Lipinski definition) is 2. The molecule has 3 nitrogen and oxygen atoms in total. The number of rotatable bonds is 1. The van der Waals surface area contributed by atoms with Crippen LogP contribution in [0, 0.1) is 6.92 Å². The Balaban J connectivity index is 1.98. The summed E-state index contributed by atoms with van der Waals surface area (Å²) in [4.78, 5) is 1.73. The molecule has 3 rings (SSSR count). The topological polar surface area (TPSA) is 20.5 Å². The molecule has 3 heterocycles. The van der Waals surface area contributed by atoms with E-state index >= 15 is 0 Å². The van der Waals surface area contributed by atoms with Gasteiger partial charge in [-0.05, 0) is 24.6 Å². The second-order valence-electron chi connectivity index (χ2n) is 4.57. The molecular formula is C12H13F2N3. The van der Waals surface area contributed by atoms with Crippen molar-refractivity contribution in [3.63, 3.8) is 0 Å². The van der Waals surface area contributed by atoms with Gasteiger partial charge in [0.15, 0.2) is 0 Å². The number of pyridine rings is 1. The van der Waals surface area contributed by atoms with Crippen LogP contribution in [-0.4, -0.2) is 28.6 Å². The zero-order chi connectivity index (χ0) is 12.0. The molecule has 0 saturated carbocycles. The maximum Gasteiger partial charge on any atom is 0.266 e. The standard InChI is InChI=1S/C12H13F2N3/c1-9-7-15-17-4-2-10(6-11(9)17)16-5-3-12(13,14)8-16/h2,4,6-7H,3,5,8H2,1H3. The number of anilines is 1. The molecule has 0 spiro atoms. The lowest BCUT2D eigenvalue weighted by Gasteiger charge is -2.18. The van der Waals surface area contributed by atoms with Crippen molar-refractivity contribution in [2.24, 2.45) is 0 Å². The Morgan fingerprint density at radius 1 is 1.41 bits per heavy atom. The lowest BCUT2D eigenvalue weighted by Crippen LogP contribution is -2.24. The largest absolute Gasteiger partial charge is 0.365 e. The fourth-order valence-electron chi connectivity index (χ4n) is 2.24. The quantitative estimate of drug-likeness (QED) is 0.759. The van der Waals surface area contributed by atoms with Gasteiger partial charge in [0.1, 0.15) is 0 Å². The summed E-state index contributed by atoms with van der Waals surface area (Å²) in [6.45, 7) is 2.19. The normalized spacial score (nSPS) is 19.1. The van der Waals surface area contributed by atoms with E-state index in [-0.39, 0.29) is 13.0 Å². The van der Waals surface area contributed by atoms with Gasteiger partial charge in [0, 0.05) is 24.8 Å². The van der Waals surface area contributed by atoms with Crippen LogP contribution >= 0.6 is 0 Å². The molecule has 0 unspecified atom stereocenters. The number of aromatic nitrogens is 2. The summed E-state index contributed by atoms with van der Waals surface area (Å²) in [5, 5.41) is 4.16. The third-order valence-electron chi connectivity index (χ3n) is 3.23. The van der Waals surface area contributed by atoms with Crippen molar-refractivity contribution < 1.29 is 8.78 Å². The predicted molar refractivity (Wildman–Crippen MR) is 61.7 cm³/mol. The van der Waals surface area contributed by atoms with Crippen LogP contribution in [0.4, 0.5) is 14.5 Å². The molecule has 0 amide bonds. The lowest BCUT2D eigenvalue weighted by atomic mass is 10.2. The molecular weight excluding hydrogens is 224 g/mol. The molecule has 2 aromatic rings. The molecule has 0 aliphatic carbocycles. The Morgan fingerprint density at radius 2 is 2.24 bits per heavy atom. The Hall–Kier alpha value is -1.65. The maximum atomic E-state index is 13.2. The number of alkyl halides is 2. The van der Waals surface area contributed by atoms with E-state index in [9.17, 15) is 8.78 Å². The highest BCUT2D eigenvalue weighted by Crippen LogP contribution is 2.31. The molecule has 1 fully saturated rings. The van der Waals surface area contributed by atoms with E-state index in [1.54, 1.807) is 15.6 Å². The minimum absolute atomic E-state index is 0.0591. The monoisotopic (exact) mass is 237 g/mol. The van der Waals surface area contributed by atoms with Crippen molar-refractivity contribution >= 4 is 11.2 Å². The van der Waals surface area contributed by atoms with Crippen molar-refractivity contribution in [3.05, 3.63) is 30.1 Å². The van der Waals surface area contributed by atoms with Crippen LogP contribution in [0.25, 0.3) is 5.52 Å². The Labute approximate surface area is 97.6 Å². The zero-order valence-corrected chi connectivity index (χ0v) is 9.53. The van der Waals surface area contributed by atoms with Crippen LogP contribution in [0.3, 0.4) is 0 Å². The number of nitrogens with zero attached hydrogens (tertiary/aromatic N) is 3. The van der Waals surface area contributed by atoms with Gasteiger partial charge in [-0.2, -0.15) is 5.10 Å². The Morgan fingerprint density at radius 3 is 2.94 bits per heavy atom. The van der Waals surface area contributed by atoms with Crippen molar-refractivity contribution in [2.45, 2.75) is 19.3 Å². The fraction of sp³-hybridized carbons (Fsp3) is 0.417. The number of fused-ring (bicyclic) bond motifs is 1. The zero-order valence-electron chi connectivity index (χ0n) is 9.53. The van der Waals surface area contributed by atoms with E-state index in [1.807, 2.05) is 25.3 Å². The van der Waals surface area contributed by atoms with Gasteiger partial charge in [0.25, 0.3) is 5.92 Å². The number of halogens is 2. The lowest BCUT2D eigenvalue weighted by molar-refractivity contribution is 0.0257. The van der Waals surface area contributed by atoms with Crippen LogP contribution in [-0.2, 0) is 0 Å². The van der Waals surface area contributed by atoms with Gasteiger partial charge >= 0.3 is 0 Å². The van der Waals surface area contributed by atoms with Gasteiger partial charge in [0.05, 0.1) is 18.3 Å². The second kappa shape index (κ2) is 3.42. The van der Waals surface area contributed by atoms with E-state index in [0.717, 1.165) is 16.8 Å². The first-order chi connectivity index (χ1) is 8.05. The first-order valence-corrected chi connectivity index (χ1v) is 5.62. The highest BCUT2D eigenvalue weighted by Gasteiger charge is 2.38. The summed E-state index contributed by atoms with van der Waals surface area (Å²) in [6, 6.07) is 3.75. The van der Waals surface area contributed by atoms with Crippen LogP contribution in [0.5, 0.6) is 0 Å². The predicted octanol–water partition coefficient (Wildman–Crippen LogP) is 2.49. The number of aryl methyl sites for hydroxylation is 1. The van der Waals surface area contributed by atoms with Gasteiger partial charge in [0.2, 0.25) is 0 Å². The van der Waals surface area contributed by atoms with Gasteiger partial charge in [-0.25, -0.2) is 13.3 Å². The Bertz CT molecular complexity index is 562. The van der Waals surface area contributed by atoms with Crippen molar-refractivity contribution in [1.82, 2.24) is 9.61 Å². The molecule has 0 aromatic carbocycles. The highest BCUT2D eigenvalue weighted by molar-refractivity contribution is 5.63. The average Bonchev–Trinajstić information content (AvgIpc) is 2.83. The summed E-state index contributed by atoms with van der Waals surface area (Å²) >= 11 is 0. The number of hydrogen-bond donors (Lipinski definition) is 0. The molecule has 0 N–H and O–H groups in total. The van der Waals surface area contributed by atoms with E-state index in [0.29, 0.717) is 6.54 Å². The highest BCUT2D eigenvalue weighted by atomic mass is 19.3. The first-order valence-electron chi connectivity index (χ1n) is 5.62. The molecule has 0 bridgehead atoms. The molecule has 1 aliphatic rings. The average molecular weight is 237 g/mol. The summed E-state index contributed by atoms with van der Waals surface area (Å²) in [5.74, 6) is -2.55. The van der Waals surface area contributed by atoms with Crippen LogP contribution < -0.4 is 4.90 Å². The molecule has 5 heteroatoms. The molecule has 0 radical (unpaired) electrons.